The van der Waals surface area contributed by atoms with Crippen molar-refractivity contribution < 1.29 is 18.7 Å². The minimum absolute atomic E-state index is 0.0593. The zero-order chi connectivity index (χ0) is 20.1. The van der Waals surface area contributed by atoms with Gasteiger partial charge in [-0.05, 0) is 43.8 Å². The summed E-state index contributed by atoms with van der Waals surface area (Å²) in [6, 6.07) is 15.3. The van der Waals surface area contributed by atoms with E-state index in [2.05, 4.69) is 5.32 Å². The van der Waals surface area contributed by atoms with Crippen molar-refractivity contribution in [1.82, 2.24) is 10.2 Å². The van der Waals surface area contributed by atoms with Crippen molar-refractivity contribution in [3.63, 3.8) is 0 Å². The molecule has 6 heteroatoms. The molecule has 3 aromatic rings. The molecule has 6 nitrogen and oxygen atoms in total. The summed E-state index contributed by atoms with van der Waals surface area (Å²) in [4.78, 5) is 14.4. The number of hydrogen-bond acceptors (Lipinski definition) is 5. The molecule has 0 aliphatic rings. The van der Waals surface area contributed by atoms with E-state index in [9.17, 15) is 4.79 Å². The highest BCUT2D eigenvalue weighted by atomic mass is 16.5. The Morgan fingerprint density at radius 3 is 2.57 bits per heavy atom. The van der Waals surface area contributed by atoms with Crippen LogP contribution in [0.4, 0.5) is 0 Å². The molecule has 1 aromatic heterocycles. The summed E-state index contributed by atoms with van der Waals surface area (Å²) in [6.45, 7) is 2.82. The molecule has 148 valence electrons. The molecule has 0 saturated heterocycles. The van der Waals surface area contributed by atoms with Gasteiger partial charge in [0, 0.05) is 11.9 Å². The van der Waals surface area contributed by atoms with Crippen LogP contribution >= 0.6 is 0 Å². The summed E-state index contributed by atoms with van der Waals surface area (Å²) in [5.74, 6) is 2.05. The van der Waals surface area contributed by atoms with E-state index in [1.165, 1.54) is 0 Å². The molecule has 0 radical (unpaired) electrons. The van der Waals surface area contributed by atoms with Crippen LogP contribution in [0.5, 0.6) is 11.5 Å². The van der Waals surface area contributed by atoms with Crippen molar-refractivity contribution in [3.8, 4) is 11.5 Å². The predicted octanol–water partition coefficient (Wildman–Crippen LogP) is 3.76. The van der Waals surface area contributed by atoms with E-state index in [-0.39, 0.29) is 18.5 Å². The highest BCUT2D eigenvalue weighted by molar-refractivity contribution is 5.80. The molecule has 1 N–H and O–H groups in total. The first-order chi connectivity index (χ1) is 13.5. The van der Waals surface area contributed by atoms with Gasteiger partial charge >= 0.3 is 0 Å². The van der Waals surface area contributed by atoms with Gasteiger partial charge in [0.05, 0.1) is 26.8 Å². The van der Waals surface area contributed by atoms with Gasteiger partial charge in [0.1, 0.15) is 11.3 Å². The van der Waals surface area contributed by atoms with Gasteiger partial charge in [-0.1, -0.05) is 24.3 Å². The van der Waals surface area contributed by atoms with Gasteiger partial charge in [-0.2, -0.15) is 0 Å². The van der Waals surface area contributed by atoms with Gasteiger partial charge in [0.2, 0.25) is 5.91 Å². The number of hydrogen-bond donors (Lipinski definition) is 1. The fourth-order valence-electron chi connectivity index (χ4n) is 3.17. The maximum atomic E-state index is 12.4. The number of furan rings is 1. The predicted molar refractivity (Wildman–Crippen MR) is 109 cm³/mol. The minimum Gasteiger partial charge on any atom is -0.493 e. The van der Waals surface area contributed by atoms with E-state index in [4.69, 9.17) is 13.9 Å². The molecule has 0 spiro atoms. The first-order valence-electron chi connectivity index (χ1n) is 9.17. The van der Waals surface area contributed by atoms with Crippen molar-refractivity contribution in [2.24, 2.45) is 0 Å². The van der Waals surface area contributed by atoms with Crippen LogP contribution in [0, 0.1) is 0 Å². The van der Waals surface area contributed by atoms with Crippen molar-refractivity contribution in [1.29, 1.82) is 0 Å². The molecular formula is C22H26N2O4. The van der Waals surface area contributed by atoms with Gasteiger partial charge in [0.25, 0.3) is 0 Å². The van der Waals surface area contributed by atoms with Gasteiger partial charge in [-0.25, -0.2) is 0 Å². The Labute approximate surface area is 165 Å². The normalized spacial score (nSPS) is 12.2. The van der Waals surface area contributed by atoms with E-state index >= 15 is 0 Å². The third kappa shape index (κ3) is 4.64. The Kier molecular flexibility index (Phi) is 6.21. The van der Waals surface area contributed by atoms with Crippen LogP contribution in [0.25, 0.3) is 11.0 Å². The quantitative estimate of drug-likeness (QED) is 0.643. The number of likely N-dealkylation sites (N-methyl/N-ethyl adjacent to an activating group) is 1. The molecule has 0 aliphatic carbocycles. The summed E-state index contributed by atoms with van der Waals surface area (Å²) in [6.07, 6.45) is 0. The van der Waals surface area contributed by atoms with Crippen molar-refractivity contribution in [2.75, 3.05) is 27.8 Å². The average Bonchev–Trinajstić information content (AvgIpc) is 3.12. The number of rotatable bonds is 8. The van der Waals surface area contributed by atoms with Crippen LogP contribution in [-0.4, -0.2) is 38.6 Å². The standard InChI is InChI=1S/C22H26N2O4/c1-15(20-12-17-7-5-6-8-18(17)28-20)23-22(25)14-24(2)13-16-9-10-19(26-3)21(11-16)27-4/h5-12,15H,13-14H2,1-4H3,(H,23,25)/t15-/m1/s1. The third-order valence-electron chi connectivity index (χ3n) is 4.56. The number of methoxy groups -OCH3 is 2. The summed E-state index contributed by atoms with van der Waals surface area (Å²) in [5.41, 5.74) is 1.86. The lowest BCUT2D eigenvalue weighted by molar-refractivity contribution is -0.122. The lowest BCUT2D eigenvalue weighted by Gasteiger charge is -2.19. The Balaban J connectivity index is 1.56. The molecule has 3 rings (SSSR count). The molecule has 0 saturated carbocycles. The molecule has 2 aromatic carbocycles. The molecule has 1 heterocycles. The number of nitrogens with one attached hydrogen (secondary N) is 1. The number of carbonyl (C=O) groups is 1. The van der Waals surface area contributed by atoms with Crippen LogP contribution < -0.4 is 14.8 Å². The second-order valence-corrected chi connectivity index (χ2v) is 6.84. The van der Waals surface area contributed by atoms with E-state index in [1.807, 2.05) is 67.4 Å². The van der Waals surface area contributed by atoms with E-state index in [0.717, 1.165) is 22.3 Å². The molecule has 1 atom stereocenters. The number of ether oxygens (including phenoxy) is 2. The van der Waals surface area contributed by atoms with E-state index in [1.54, 1.807) is 14.2 Å². The first kappa shape index (κ1) is 19.8. The molecule has 28 heavy (non-hydrogen) atoms. The van der Waals surface area contributed by atoms with Crippen molar-refractivity contribution in [2.45, 2.75) is 19.5 Å². The summed E-state index contributed by atoms with van der Waals surface area (Å²) >= 11 is 0. The Hall–Kier alpha value is -2.99. The maximum absolute atomic E-state index is 12.4. The SMILES string of the molecule is COc1ccc(CN(C)CC(=O)N[C@H](C)c2cc3ccccc3o2)cc1OC. The van der Waals surface area contributed by atoms with Gasteiger partial charge < -0.3 is 19.2 Å². The fraction of sp³-hybridized carbons (Fsp3) is 0.318. The molecule has 0 fully saturated rings. The third-order valence-corrected chi connectivity index (χ3v) is 4.56. The Bertz CT molecular complexity index is 918. The smallest absolute Gasteiger partial charge is 0.234 e. The highest BCUT2D eigenvalue weighted by Crippen LogP contribution is 2.28. The second kappa shape index (κ2) is 8.80. The van der Waals surface area contributed by atoms with Crippen molar-refractivity contribution >= 4 is 16.9 Å². The molecule has 0 unspecified atom stereocenters. The fourth-order valence-corrected chi connectivity index (χ4v) is 3.17. The second-order valence-electron chi connectivity index (χ2n) is 6.84. The average molecular weight is 382 g/mol. The lowest BCUT2D eigenvalue weighted by atomic mass is 10.2. The van der Waals surface area contributed by atoms with Crippen LogP contribution in [0.1, 0.15) is 24.3 Å². The number of amides is 1. The molecule has 1 amide bonds. The summed E-state index contributed by atoms with van der Waals surface area (Å²) in [7, 11) is 5.12. The Morgan fingerprint density at radius 2 is 1.86 bits per heavy atom. The van der Waals surface area contributed by atoms with Crippen LogP contribution in [0.3, 0.4) is 0 Å². The van der Waals surface area contributed by atoms with E-state index in [0.29, 0.717) is 18.0 Å². The molecular weight excluding hydrogens is 356 g/mol. The molecule has 0 aliphatic heterocycles. The van der Waals surface area contributed by atoms with Crippen LogP contribution in [0.2, 0.25) is 0 Å². The Morgan fingerprint density at radius 1 is 1.11 bits per heavy atom. The minimum atomic E-state index is -0.200. The van der Waals surface area contributed by atoms with Crippen LogP contribution in [-0.2, 0) is 11.3 Å². The van der Waals surface area contributed by atoms with Gasteiger partial charge in [-0.15, -0.1) is 0 Å². The zero-order valence-electron chi connectivity index (χ0n) is 16.7. The largest absolute Gasteiger partial charge is 0.493 e. The van der Waals surface area contributed by atoms with Crippen molar-refractivity contribution in [3.05, 3.63) is 59.9 Å². The number of para-hydroxylation sites is 1. The lowest BCUT2D eigenvalue weighted by Crippen LogP contribution is -2.36. The highest BCUT2D eigenvalue weighted by Gasteiger charge is 2.16. The number of benzene rings is 2. The van der Waals surface area contributed by atoms with Crippen LogP contribution in [0.15, 0.2) is 52.9 Å². The summed E-state index contributed by atoms with van der Waals surface area (Å²) < 4.78 is 16.4. The molecule has 0 bridgehead atoms. The van der Waals surface area contributed by atoms with Gasteiger partial charge in [-0.3, -0.25) is 9.69 Å². The van der Waals surface area contributed by atoms with Gasteiger partial charge in [0.15, 0.2) is 11.5 Å². The maximum Gasteiger partial charge on any atom is 0.234 e. The first-order valence-corrected chi connectivity index (χ1v) is 9.17. The topological polar surface area (TPSA) is 63.9 Å². The monoisotopic (exact) mass is 382 g/mol. The summed E-state index contributed by atoms with van der Waals surface area (Å²) in [5, 5.41) is 4.03. The zero-order valence-corrected chi connectivity index (χ0v) is 16.7. The van der Waals surface area contributed by atoms with E-state index < -0.39 is 0 Å². The number of nitrogens with zero attached hydrogens (tertiary/aromatic N) is 1. The number of carbonyl (C=O) groups excluding carboxylic acids is 1. The number of fused-ring (bicyclic) bond motifs is 1.